The molecule has 208 valence electrons. The Morgan fingerprint density at radius 3 is 2.41 bits per heavy atom. The first-order chi connectivity index (χ1) is 18.6. The third-order valence-electron chi connectivity index (χ3n) is 7.35. The van der Waals surface area contributed by atoms with Gasteiger partial charge in [-0.05, 0) is 100 Å². The van der Waals surface area contributed by atoms with E-state index in [0.29, 0.717) is 25.9 Å². The second-order valence-corrected chi connectivity index (χ2v) is 13.5. The Hall–Kier alpha value is -2.91. The molecule has 1 N–H and O–H groups in total. The summed E-state index contributed by atoms with van der Waals surface area (Å²) < 4.78 is 7.66. The van der Waals surface area contributed by atoms with Crippen molar-refractivity contribution in [3.05, 3.63) is 56.5 Å². The second-order valence-electron chi connectivity index (χ2n) is 11.3. The van der Waals surface area contributed by atoms with Gasteiger partial charge in [0, 0.05) is 35.1 Å². The van der Waals surface area contributed by atoms with Crippen LogP contribution < -0.4 is 5.32 Å². The van der Waals surface area contributed by atoms with Crippen LogP contribution in [0.1, 0.15) is 79.0 Å². The zero-order valence-corrected chi connectivity index (χ0v) is 24.9. The zero-order chi connectivity index (χ0) is 27.7. The predicted octanol–water partition coefficient (Wildman–Crippen LogP) is 6.48. The van der Waals surface area contributed by atoms with E-state index in [1.807, 2.05) is 45.3 Å². The number of anilines is 1. The van der Waals surface area contributed by atoms with Crippen molar-refractivity contribution in [1.29, 1.82) is 0 Å². The quantitative estimate of drug-likeness (QED) is 0.332. The number of ketones is 1. The molecule has 39 heavy (non-hydrogen) atoms. The van der Waals surface area contributed by atoms with Crippen LogP contribution in [0.5, 0.6) is 0 Å². The van der Waals surface area contributed by atoms with Crippen molar-refractivity contribution < 1.29 is 19.1 Å². The van der Waals surface area contributed by atoms with Gasteiger partial charge < -0.3 is 19.5 Å². The number of carbonyl (C=O) groups excluding carboxylic acids is 3. The SMILES string of the molecule is CCc1c(NC(=O)C(=O)CCc2c(-n3cccc3)sc3c2CCN(C(=O)OC(C)(C)C)C3)sc2c1CCCC2. The van der Waals surface area contributed by atoms with Crippen LogP contribution in [0.2, 0.25) is 0 Å². The summed E-state index contributed by atoms with van der Waals surface area (Å²) in [5.74, 6) is -0.918. The molecule has 1 aliphatic carbocycles. The number of Topliss-reactive ketones (excluding diaryl/α,β-unsaturated/α-hetero) is 1. The lowest BCUT2D eigenvalue weighted by Crippen LogP contribution is -2.39. The van der Waals surface area contributed by atoms with Crippen molar-refractivity contribution in [3.63, 3.8) is 0 Å². The Kier molecular flexibility index (Phi) is 8.01. The van der Waals surface area contributed by atoms with Gasteiger partial charge in [-0.25, -0.2) is 4.79 Å². The lowest BCUT2D eigenvalue weighted by Gasteiger charge is -2.30. The van der Waals surface area contributed by atoms with E-state index in [1.165, 1.54) is 34.4 Å². The molecular formula is C30H37N3O4S2. The van der Waals surface area contributed by atoms with E-state index in [0.717, 1.165) is 39.7 Å². The molecule has 0 fully saturated rings. The van der Waals surface area contributed by atoms with Crippen LogP contribution in [-0.2, 0) is 53.0 Å². The van der Waals surface area contributed by atoms with Gasteiger partial charge in [0.25, 0.3) is 5.91 Å². The number of nitrogens with one attached hydrogen (secondary N) is 1. The van der Waals surface area contributed by atoms with Gasteiger partial charge in [0.15, 0.2) is 0 Å². The highest BCUT2D eigenvalue weighted by Crippen LogP contribution is 2.39. The molecule has 0 unspecified atom stereocenters. The lowest BCUT2D eigenvalue weighted by molar-refractivity contribution is -0.134. The number of fused-ring (bicyclic) bond motifs is 2. The molecule has 3 aromatic heterocycles. The van der Waals surface area contributed by atoms with Crippen molar-refractivity contribution in [1.82, 2.24) is 9.47 Å². The third kappa shape index (κ3) is 5.99. The van der Waals surface area contributed by atoms with Crippen molar-refractivity contribution in [2.45, 2.75) is 91.2 Å². The number of carbonyl (C=O) groups is 3. The topological polar surface area (TPSA) is 80.6 Å². The third-order valence-corrected chi connectivity index (χ3v) is 9.87. The molecule has 0 atom stereocenters. The Bertz CT molecular complexity index is 1380. The van der Waals surface area contributed by atoms with Crippen LogP contribution in [0.25, 0.3) is 5.00 Å². The highest BCUT2D eigenvalue weighted by molar-refractivity contribution is 7.16. The normalized spacial score (nSPS) is 15.0. The van der Waals surface area contributed by atoms with Gasteiger partial charge in [0.05, 0.1) is 11.5 Å². The summed E-state index contributed by atoms with van der Waals surface area (Å²) in [5.41, 5.74) is 4.33. The molecule has 0 radical (unpaired) electrons. The molecule has 3 aromatic rings. The first-order valence-corrected chi connectivity index (χ1v) is 15.5. The molecule has 5 rings (SSSR count). The molecule has 0 saturated heterocycles. The summed E-state index contributed by atoms with van der Waals surface area (Å²) in [4.78, 5) is 42.9. The fraction of sp³-hybridized carbons (Fsp3) is 0.500. The van der Waals surface area contributed by atoms with Crippen LogP contribution >= 0.6 is 22.7 Å². The summed E-state index contributed by atoms with van der Waals surface area (Å²) >= 11 is 3.29. The van der Waals surface area contributed by atoms with E-state index >= 15 is 0 Å². The summed E-state index contributed by atoms with van der Waals surface area (Å²) in [6, 6.07) is 3.94. The summed E-state index contributed by atoms with van der Waals surface area (Å²) in [7, 11) is 0. The number of aryl methyl sites for hydroxylation is 1. The zero-order valence-electron chi connectivity index (χ0n) is 23.2. The van der Waals surface area contributed by atoms with E-state index in [1.54, 1.807) is 27.6 Å². The van der Waals surface area contributed by atoms with E-state index in [-0.39, 0.29) is 12.5 Å². The second kappa shape index (κ2) is 11.3. The maximum absolute atomic E-state index is 13.0. The van der Waals surface area contributed by atoms with Crippen LogP contribution in [0.4, 0.5) is 9.80 Å². The fourth-order valence-electron chi connectivity index (χ4n) is 5.50. The number of rotatable bonds is 7. The summed E-state index contributed by atoms with van der Waals surface area (Å²) in [6.07, 6.45) is 10.4. The van der Waals surface area contributed by atoms with Gasteiger partial charge in [-0.2, -0.15) is 0 Å². The van der Waals surface area contributed by atoms with E-state index in [9.17, 15) is 14.4 Å². The number of thiophene rings is 2. The average molecular weight is 568 g/mol. The van der Waals surface area contributed by atoms with Gasteiger partial charge in [-0.1, -0.05) is 6.92 Å². The standard InChI is InChI=1S/C30H37N3O4S2/c1-5-19-20-10-6-7-11-24(20)38-27(19)31-26(35)23(34)13-12-22-21-14-17-33(29(36)37-30(2,3)4)18-25(21)39-28(22)32-15-8-9-16-32/h8-9,15-16H,5-7,10-14,17-18H2,1-4H3,(H,31,35). The van der Waals surface area contributed by atoms with Crippen LogP contribution in [0, 0.1) is 0 Å². The Labute approximate surface area is 238 Å². The molecule has 0 spiro atoms. The van der Waals surface area contributed by atoms with Crippen LogP contribution in [0.3, 0.4) is 0 Å². The fourth-order valence-corrected chi connectivity index (χ4v) is 8.26. The van der Waals surface area contributed by atoms with Gasteiger partial charge in [0.2, 0.25) is 5.78 Å². The van der Waals surface area contributed by atoms with E-state index in [2.05, 4.69) is 16.8 Å². The van der Waals surface area contributed by atoms with Crippen molar-refractivity contribution in [2.24, 2.45) is 0 Å². The summed E-state index contributed by atoms with van der Waals surface area (Å²) in [6.45, 7) is 8.78. The number of amides is 2. The van der Waals surface area contributed by atoms with Crippen molar-refractivity contribution in [2.75, 3.05) is 11.9 Å². The highest BCUT2D eigenvalue weighted by Gasteiger charge is 2.30. The van der Waals surface area contributed by atoms with Gasteiger partial charge in [-0.15, -0.1) is 22.7 Å². The first kappa shape index (κ1) is 27.6. The van der Waals surface area contributed by atoms with Crippen LogP contribution in [0.15, 0.2) is 24.5 Å². The molecule has 0 aromatic carbocycles. The van der Waals surface area contributed by atoms with Crippen LogP contribution in [-0.4, -0.2) is 39.4 Å². The number of ether oxygens (including phenoxy) is 1. The van der Waals surface area contributed by atoms with Crippen molar-refractivity contribution in [3.8, 4) is 5.00 Å². The molecular weight excluding hydrogens is 530 g/mol. The smallest absolute Gasteiger partial charge is 0.410 e. The molecule has 2 amide bonds. The van der Waals surface area contributed by atoms with E-state index < -0.39 is 17.3 Å². The predicted molar refractivity (Wildman–Crippen MR) is 156 cm³/mol. The Morgan fingerprint density at radius 2 is 1.69 bits per heavy atom. The highest BCUT2D eigenvalue weighted by atomic mass is 32.1. The molecule has 1 aliphatic heterocycles. The minimum absolute atomic E-state index is 0.144. The van der Waals surface area contributed by atoms with Gasteiger partial charge in [-0.3, -0.25) is 9.59 Å². The Morgan fingerprint density at radius 1 is 0.974 bits per heavy atom. The molecule has 2 aliphatic rings. The number of hydrogen-bond donors (Lipinski definition) is 1. The van der Waals surface area contributed by atoms with Gasteiger partial charge >= 0.3 is 6.09 Å². The van der Waals surface area contributed by atoms with Gasteiger partial charge in [0.1, 0.15) is 10.6 Å². The van der Waals surface area contributed by atoms with E-state index in [4.69, 9.17) is 4.74 Å². The monoisotopic (exact) mass is 567 g/mol. The molecule has 4 heterocycles. The minimum atomic E-state index is -0.546. The molecule has 0 bridgehead atoms. The largest absolute Gasteiger partial charge is 0.444 e. The number of nitrogens with zero attached hydrogens (tertiary/aromatic N) is 2. The maximum atomic E-state index is 13.0. The minimum Gasteiger partial charge on any atom is -0.444 e. The Balaban J connectivity index is 1.31. The molecule has 9 heteroatoms. The number of aromatic nitrogens is 1. The maximum Gasteiger partial charge on any atom is 0.410 e. The lowest BCUT2D eigenvalue weighted by atomic mass is 9.94. The summed E-state index contributed by atoms with van der Waals surface area (Å²) in [5, 5.41) is 4.86. The molecule has 7 nitrogen and oxygen atoms in total. The first-order valence-electron chi connectivity index (χ1n) is 13.9. The number of hydrogen-bond acceptors (Lipinski definition) is 6. The average Bonchev–Trinajstić information content (AvgIpc) is 3.62. The molecule has 0 saturated carbocycles. The van der Waals surface area contributed by atoms with Crippen molar-refractivity contribution >= 4 is 45.5 Å².